The summed E-state index contributed by atoms with van der Waals surface area (Å²) in [6.45, 7) is 4.28. The van der Waals surface area contributed by atoms with E-state index in [4.69, 9.17) is 9.84 Å². The average Bonchev–Trinajstić information content (AvgIpc) is 2.32. The molecule has 1 aromatic carbocycles. The number of aliphatic hydroxyl groups excluding tert-OH is 1. The van der Waals surface area contributed by atoms with Gasteiger partial charge in [-0.05, 0) is 44.7 Å². The van der Waals surface area contributed by atoms with Gasteiger partial charge in [-0.3, -0.25) is 10.1 Å². The molecule has 0 bridgehead atoms. The van der Waals surface area contributed by atoms with Gasteiger partial charge in [-0.15, -0.1) is 0 Å². The highest BCUT2D eigenvalue weighted by Crippen LogP contribution is 2.27. The normalized spacial score (nSPS) is 10.4. The number of rotatable bonds is 7. The third-order valence-electron chi connectivity index (χ3n) is 2.75. The highest BCUT2D eigenvalue weighted by Gasteiger charge is 2.13. The molecule has 0 heterocycles. The molecule has 1 rings (SSSR count). The maximum absolute atomic E-state index is 10.8. The van der Waals surface area contributed by atoms with Crippen LogP contribution in [0.5, 0.6) is 5.75 Å². The Labute approximate surface area is 107 Å². The summed E-state index contributed by atoms with van der Waals surface area (Å²) in [7, 11) is 0. The second-order valence-electron chi connectivity index (χ2n) is 4.29. The van der Waals surface area contributed by atoms with Crippen LogP contribution in [0.4, 0.5) is 5.69 Å². The summed E-state index contributed by atoms with van der Waals surface area (Å²) in [5, 5.41) is 19.4. The summed E-state index contributed by atoms with van der Waals surface area (Å²) in [5.74, 6) is 0.696. The van der Waals surface area contributed by atoms with E-state index < -0.39 is 0 Å². The van der Waals surface area contributed by atoms with Crippen molar-refractivity contribution < 1.29 is 14.8 Å². The average molecular weight is 253 g/mol. The minimum absolute atomic E-state index is 0.125. The van der Waals surface area contributed by atoms with Gasteiger partial charge in [-0.1, -0.05) is 0 Å². The molecule has 0 atom stereocenters. The van der Waals surface area contributed by atoms with E-state index in [1.807, 2.05) is 0 Å². The fraction of sp³-hybridized carbons (Fsp3) is 0.538. The Morgan fingerprint density at radius 3 is 2.56 bits per heavy atom. The van der Waals surface area contributed by atoms with Gasteiger partial charge in [-0.2, -0.15) is 0 Å². The summed E-state index contributed by atoms with van der Waals surface area (Å²) in [6.07, 6.45) is 2.57. The van der Waals surface area contributed by atoms with Crippen molar-refractivity contribution in [3.8, 4) is 5.75 Å². The lowest BCUT2D eigenvalue weighted by molar-refractivity contribution is -0.385. The number of benzene rings is 1. The Balaban J connectivity index is 2.62. The second-order valence-corrected chi connectivity index (χ2v) is 4.29. The van der Waals surface area contributed by atoms with Crippen molar-refractivity contribution in [3.05, 3.63) is 33.4 Å². The van der Waals surface area contributed by atoms with E-state index >= 15 is 0 Å². The molecule has 0 saturated carbocycles. The van der Waals surface area contributed by atoms with E-state index in [2.05, 4.69) is 0 Å². The van der Waals surface area contributed by atoms with Crippen molar-refractivity contribution in [1.82, 2.24) is 0 Å². The molecule has 5 heteroatoms. The molecule has 0 aliphatic carbocycles. The first kappa shape index (κ1) is 14.4. The van der Waals surface area contributed by atoms with Crippen LogP contribution in [0.3, 0.4) is 0 Å². The summed E-state index contributed by atoms with van der Waals surface area (Å²) >= 11 is 0. The lowest BCUT2D eigenvalue weighted by atomic mass is 10.1. The third-order valence-corrected chi connectivity index (χ3v) is 2.75. The van der Waals surface area contributed by atoms with E-state index in [-0.39, 0.29) is 17.2 Å². The SMILES string of the molecule is Cc1cc([N+](=O)[O-])c(C)cc1OCCCCCO. The van der Waals surface area contributed by atoms with Gasteiger partial charge < -0.3 is 9.84 Å². The molecule has 18 heavy (non-hydrogen) atoms. The summed E-state index contributed by atoms with van der Waals surface area (Å²) in [5.41, 5.74) is 1.51. The maximum atomic E-state index is 10.8. The van der Waals surface area contributed by atoms with Crippen LogP contribution in [-0.2, 0) is 0 Å². The lowest BCUT2D eigenvalue weighted by Gasteiger charge is -2.10. The standard InChI is InChI=1S/C13H19NO4/c1-10-9-13(18-7-5-3-4-6-15)11(2)8-12(10)14(16)17/h8-9,15H,3-7H2,1-2H3. The first-order chi connectivity index (χ1) is 8.56. The van der Waals surface area contributed by atoms with E-state index in [0.717, 1.165) is 24.8 Å². The highest BCUT2D eigenvalue weighted by atomic mass is 16.6. The van der Waals surface area contributed by atoms with Gasteiger partial charge in [0, 0.05) is 18.2 Å². The van der Waals surface area contributed by atoms with Gasteiger partial charge in [0.05, 0.1) is 11.5 Å². The number of hydrogen-bond donors (Lipinski definition) is 1. The number of aryl methyl sites for hydroxylation is 2. The van der Waals surface area contributed by atoms with Crippen LogP contribution >= 0.6 is 0 Å². The largest absolute Gasteiger partial charge is 0.493 e. The summed E-state index contributed by atoms with van der Waals surface area (Å²) in [6, 6.07) is 3.25. The Bertz CT molecular complexity index is 418. The van der Waals surface area contributed by atoms with Gasteiger partial charge >= 0.3 is 0 Å². The maximum Gasteiger partial charge on any atom is 0.272 e. The molecule has 1 N–H and O–H groups in total. The number of hydrogen-bond acceptors (Lipinski definition) is 4. The Morgan fingerprint density at radius 1 is 1.22 bits per heavy atom. The monoisotopic (exact) mass is 253 g/mol. The Hall–Kier alpha value is -1.62. The topological polar surface area (TPSA) is 72.6 Å². The van der Waals surface area contributed by atoms with Crippen molar-refractivity contribution in [1.29, 1.82) is 0 Å². The van der Waals surface area contributed by atoms with Gasteiger partial charge in [0.15, 0.2) is 0 Å². The lowest BCUT2D eigenvalue weighted by Crippen LogP contribution is -2.01. The molecule has 1 aromatic rings. The molecule has 0 amide bonds. The van der Waals surface area contributed by atoms with Crippen molar-refractivity contribution >= 4 is 5.69 Å². The second kappa shape index (κ2) is 6.96. The Morgan fingerprint density at radius 2 is 1.94 bits per heavy atom. The summed E-state index contributed by atoms with van der Waals surface area (Å²) < 4.78 is 5.59. The zero-order chi connectivity index (χ0) is 13.5. The molecule has 0 unspecified atom stereocenters. The fourth-order valence-electron chi connectivity index (χ4n) is 1.70. The highest BCUT2D eigenvalue weighted by molar-refractivity contribution is 5.49. The van der Waals surface area contributed by atoms with Crippen molar-refractivity contribution in [2.45, 2.75) is 33.1 Å². The molecule has 0 aliphatic heterocycles. The molecule has 100 valence electrons. The molecular weight excluding hydrogens is 234 g/mol. The minimum atomic E-state index is -0.382. The minimum Gasteiger partial charge on any atom is -0.493 e. The van der Waals surface area contributed by atoms with Gasteiger partial charge in [0.1, 0.15) is 5.75 Å². The predicted octanol–water partition coefficient (Wildman–Crippen LogP) is 2.75. The van der Waals surface area contributed by atoms with Crippen molar-refractivity contribution in [2.75, 3.05) is 13.2 Å². The smallest absolute Gasteiger partial charge is 0.272 e. The fourth-order valence-corrected chi connectivity index (χ4v) is 1.70. The number of nitrogens with zero attached hydrogens (tertiary/aromatic N) is 1. The number of unbranched alkanes of at least 4 members (excludes halogenated alkanes) is 2. The van der Waals surface area contributed by atoms with Gasteiger partial charge in [0.25, 0.3) is 5.69 Å². The number of ether oxygens (including phenoxy) is 1. The summed E-state index contributed by atoms with van der Waals surface area (Å²) in [4.78, 5) is 10.4. The number of nitro benzene ring substituents is 1. The van der Waals surface area contributed by atoms with Crippen LogP contribution < -0.4 is 4.74 Å². The van der Waals surface area contributed by atoms with Crippen LogP contribution in [0.2, 0.25) is 0 Å². The van der Waals surface area contributed by atoms with E-state index in [1.54, 1.807) is 26.0 Å². The van der Waals surface area contributed by atoms with Crippen LogP contribution in [0, 0.1) is 24.0 Å². The molecule has 5 nitrogen and oxygen atoms in total. The molecule has 0 aliphatic rings. The first-order valence-electron chi connectivity index (χ1n) is 6.05. The van der Waals surface area contributed by atoms with Crippen molar-refractivity contribution in [3.63, 3.8) is 0 Å². The predicted molar refractivity (Wildman–Crippen MR) is 69.0 cm³/mol. The zero-order valence-electron chi connectivity index (χ0n) is 10.8. The molecule has 0 fully saturated rings. The molecule has 0 radical (unpaired) electrons. The Kier molecular flexibility index (Phi) is 5.58. The number of aliphatic hydroxyl groups is 1. The molecule has 0 spiro atoms. The van der Waals surface area contributed by atoms with E-state index in [0.29, 0.717) is 17.9 Å². The van der Waals surface area contributed by atoms with Crippen LogP contribution in [0.15, 0.2) is 12.1 Å². The molecule has 0 aromatic heterocycles. The van der Waals surface area contributed by atoms with Crippen LogP contribution in [-0.4, -0.2) is 23.2 Å². The van der Waals surface area contributed by atoms with Crippen LogP contribution in [0.25, 0.3) is 0 Å². The van der Waals surface area contributed by atoms with Crippen LogP contribution in [0.1, 0.15) is 30.4 Å². The quantitative estimate of drug-likeness (QED) is 0.460. The first-order valence-corrected chi connectivity index (χ1v) is 6.05. The van der Waals surface area contributed by atoms with E-state index in [1.165, 1.54) is 0 Å². The zero-order valence-corrected chi connectivity index (χ0v) is 10.8. The molecule has 0 saturated heterocycles. The third kappa shape index (κ3) is 4.00. The van der Waals surface area contributed by atoms with Crippen molar-refractivity contribution in [2.24, 2.45) is 0 Å². The van der Waals surface area contributed by atoms with E-state index in [9.17, 15) is 10.1 Å². The van der Waals surface area contributed by atoms with Gasteiger partial charge in [0.2, 0.25) is 0 Å². The molecular formula is C13H19NO4. The number of nitro groups is 1. The van der Waals surface area contributed by atoms with Gasteiger partial charge in [-0.25, -0.2) is 0 Å².